The molecule has 4 amide bonds. The number of carbonyl (C=O) groups excluding carboxylic acids is 4. The van der Waals surface area contributed by atoms with Crippen molar-refractivity contribution in [1.82, 2.24) is 0 Å². The van der Waals surface area contributed by atoms with Crippen LogP contribution in [0.15, 0.2) is 145 Å². The number of para-hydroxylation sites is 1. The van der Waals surface area contributed by atoms with Gasteiger partial charge < -0.3 is 15.2 Å². The van der Waals surface area contributed by atoms with Crippen molar-refractivity contribution < 1.29 is 29.0 Å². The minimum absolute atomic E-state index is 0.121. The molecule has 4 aliphatic rings. The Morgan fingerprint density at radius 1 is 0.714 bits per heavy atom. The molecule has 5 aromatic rings. The van der Waals surface area contributed by atoms with Gasteiger partial charge in [0.1, 0.15) is 12.4 Å². The van der Waals surface area contributed by atoms with Crippen LogP contribution in [0.4, 0.5) is 22.7 Å². The van der Waals surface area contributed by atoms with E-state index >= 15 is 4.79 Å². The van der Waals surface area contributed by atoms with Crippen LogP contribution in [0.2, 0.25) is 5.02 Å². The fraction of sp³-hybridized carbons (Fsp3) is 0.217. The lowest BCUT2D eigenvalue weighted by Gasteiger charge is -2.50. The number of fused-ring (bicyclic) bond motifs is 4. The second-order valence-electron chi connectivity index (χ2n) is 14.8. The lowest BCUT2D eigenvalue weighted by Crippen LogP contribution is -2.53. The Bertz CT molecular complexity index is 2370. The van der Waals surface area contributed by atoms with Crippen LogP contribution in [-0.4, -0.2) is 41.9 Å². The zero-order valence-electron chi connectivity index (χ0n) is 30.3. The van der Waals surface area contributed by atoms with Gasteiger partial charge in [0, 0.05) is 22.3 Å². The molecule has 0 spiro atoms. The highest BCUT2D eigenvalue weighted by Crippen LogP contribution is 2.64. The molecule has 280 valence electrons. The maximum Gasteiger partial charge on any atom is 0.246 e. The molecule has 0 radical (unpaired) electrons. The normalized spacial score (nSPS) is 25.4. The highest BCUT2D eigenvalue weighted by molar-refractivity contribution is 6.32. The van der Waals surface area contributed by atoms with E-state index < -0.39 is 35.0 Å². The number of carbonyl (C=O) groups is 4. The number of aliphatic hydroxyl groups is 1. The molecular weight excluding hydrogens is 726 g/mol. The van der Waals surface area contributed by atoms with Crippen LogP contribution in [0.5, 0.6) is 5.75 Å². The monoisotopic (exact) mass is 763 g/mol. The summed E-state index contributed by atoms with van der Waals surface area (Å²) in [5.74, 6) is -4.14. The van der Waals surface area contributed by atoms with E-state index in [2.05, 4.69) is 11.4 Å². The number of aliphatic hydroxyl groups excluding tert-OH is 1. The molecule has 0 bridgehead atoms. The number of hydrogen-bond donors (Lipinski definition) is 2. The average molecular weight is 764 g/mol. The molecule has 9 rings (SSSR count). The van der Waals surface area contributed by atoms with Gasteiger partial charge in [0.2, 0.25) is 23.6 Å². The molecule has 2 saturated heterocycles. The third-order valence-corrected chi connectivity index (χ3v) is 12.2. The van der Waals surface area contributed by atoms with E-state index in [-0.39, 0.29) is 43.3 Å². The first kappa shape index (κ1) is 35.7. The molecule has 6 atom stereocenters. The summed E-state index contributed by atoms with van der Waals surface area (Å²) in [4.78, 5) is 62.0. The minimum Gasteiger partial charge on any atom is -0.491 e. The van der Waals surface area contributed by atoms with E-state index in [9.17, 15) is 19.5 Å². The molecule has 0 aromatic heterocycles. The zero-order chi connectivity index (χ0) is 38.6. The predicted octanol–water partition coefficient (Wildman–Crippen LogP) is 7.82. The Morgan fingerprint density at radius 3 is 2.11 bits per heavy atom. The van der Waals surface area contributed by atoms with Crippen molar-refractivity contribution >= 4 is 58.0 Å². The molecule has 10 heteroatoms. The number of benzene rings is 5. The number of allylic oxidation sites excluding steroid dienone is 2. The van der Waals surface area contributed by atoms with E-state index in [0.717, 1.165) is 22.5 Å². The summed E-state index contributed by atoms with van der Waals surface area (Å²) in [6.45, 7) is -0.0235. The first-order valence-corrected chi connectivity index (χ1v) is 19.2. The summed E-state index contributed by atoms with van der Waals surface area (Å²) in [5.41, 5.74) is 3.55. The first-order valence-electron chi connectivity index (χ1n) is 18.8. The quantitative estimate of drug-likeness (QED) is 0.116. The van der Waals surface area contributed by atoms with E-state index in [1.165, 1.54) is 9.80 Å². The van der Waals surface area contributed by atoms with Gasteiger partial charge in [-0.15, -0.1) is 0 Å². The Hall–Kier alpha value is -6.03. The fourth-order valence-corrected chi connectivity index (χ4v) is 9.86. The van der Waals surface area contributed by atoms with Gasteiger partial charge in [-0.3, -0.25) is 24.1 Å². The predicted molar refractivity (Wildman–Crippen MR) is 214 cm³/mol. The number of nitrogens with zero attached hydrogens (tertiary/aromatic N) is 2. The maximum absolute atomic E-state index is 15.4. The van der Waals surface area contributed by atoms with Crippen molar-refractivity contribution in [2.45, 2.75) is 24.2 Å². The van der Waals surface area contributed by atoms with Gasteiger partial charge >= 0.3 is 0 Å². The van der Waals surface area contributed by atoms with Crippen molar-refractivity contribution in [1.29, 1.82) is 0 Å². The highest BCUT2D eigenvalue weighted by atomic mass is 35.5. The number of halogens is 1. The van der Waals surface area contributed by atoms with Crippen LogP contribution < -0.4 is 19.9 Å². The number of imide groups is 2. The number of hydrogen-bond acceptors (Lipinski definition) is 7. The van der Waals surface area contributed by atoms with E-state index in [4.69, 9.17) is 16.3 Å². The lowest BCUT2D eigenvalue weighted by molar-refractivity contribution is -0.127. The van der Waals surface area contributed by atoms with E-state index in [0.29, 0.717) is 34.1 Å². The number of rotatable bonds is 9. The molecular formula is C46H38ClN3O6. The number of amides is 4. The van der Waals surface area contributed by atoms with Gasteiger partial charge in [0.05, 0.1) is 41.2 Å². The topological polar surface area (TPSA) is 116 Å². The van der Waals surface area contributed by atoms with Crippen LogP contribution in [0.25, 0.3) is 0 Å². The van der Waals surface area contributed by atoms with Gasteiger partial charge in [0.15, 0.2) is 0 Å². The van der Waals surface area contributed by atoms with Gasteiger partial charge in [0.25, 0.3) is 0 Å². The molecule has 2 heterocycles. The average Bonchev–Trinajstić information content (AvgIpc) is 3.62. The van der Waals surface area contributed by atoms with E-state index in [1.54, 1.807) is 48.5 Å². The summed E-state index contributed by atoms with van der Waals surface area (Å²) in [5, 5.41) is 13.1. The molecule has 56 heavy (non-hydrogen) atoms. The zero-order valence-corrected chi connectivity index (χ0v) is 31.0. The molecule has 9 nitrogen and oxygen atoms in total. The van der Waals surface area contributed by atoms with Crippen LogP contribution in [0, 0.1) is 23.7 Å². The smallest absolute Gasteiger partial charge is 0.246 e. The summed E-state index contributed by atoms with van der Waals surface area (Å²) in [6.07, 6.45) is 2.56. The number of nitrogens with one attached hydrogen (secondary N) is 1. The third kappa shape index (κ3) is 5.64. The molecule has 2 N–H and O–H groups in total. The van der Waals surface area contributed by atoms with Crippen LogP contribution in [-0.2, 0) is 24.6 Å². The molecule has 2 aliphatic carbocycles. The standard InChI is InChI=1S/C46H38ClN3O6/c47-30-10-7-13-34(26-30)50-43(53)39-27-38-36(41(28-14-20-35(21-15-28)56-25-24-51)46(39,45(50)55)29-8-3-1-4-9-29)22-23-37-40(38)44(54)49(42(37)52)33-18-16-32(17-19-33)48-31-11-5-2-6-12-31/h1-22,26,37-41,48,51H,23-25,27H2. The molecule has 6 unspecified atom stereocenters. The lowest BCUT2D eigenvalue weighted by atomic mass is 9.49. The van der Waals surface area contributed by atoms with Crippen molar-refractivity contribution in [3.8, 4) is 5.75 Å². The van der Waals surface area contributed by atoms with Crippen molar-refractivity contribution in [3.63, 3.8) is 0 Å². The molecule has 2 aliphatic heterocycles. The largest absolute Gasteiger partial charge is 0.491 e. The summed E-state index contributed by atoms with van der Waals surface area (Å²) < 4.78 is 5.70. The third-order valence-electron chi connectivity index (χ3n) is 11.9. The Labute approximate surface area is 329 Å². The van der Waals surface area contributed by atoms with Crippen molar-refractivity contribution in [2.75, 3.05) is 28.3 Å². The number of ether oxygens (including phenoxy) is 1. The van der Waals surface area contributed by atoms with Crippen LogP contribution >= 0.6 is 11.6 Å². The highest BCUT2D eigenvalue weighted by Gasteiger charge is 2.70. The summed E-state index contributed by atoms with van der Waals surface area (Å²) in [6, 6.07) is 40.5. The van der Waals surface area contributed by atoms with Crippen LogP contribution in [0.3, 0.4) is 0 Å². The minimum atomic E-state index is -1.38. The van der Waals surface area contributed by atoms with Gasteiger partial charge in [-0.25, -0.2) is 4.90 Å². The van der Waals surface area contributed by atoms with Gasteiger partial charge in [-0.05, 0) is 96.6 Å². The Balaban J connectivity index is 1.15. The van der Waals surface area contributed by atoms with Gasteiger partial charge in [-0.2, -0.15) is 0 Å². The molecule has 3 fully saturated rings. The second-order valence-corrected chi connectivity index (χ2v) is 15.2. The van der Waals surface area contributed by atoms with Crippen LogP contribution in [0.1, 0.15) is 29.9 Å². The second kappa shape index (κ2) is 14.2. The first-order chi connectivity index (χ1) is 27.3. The van der Waals surface area contributed by atoms with Gasteiger partial charge in [-0.1, -0.05) is 90.0 Å². The SMILES string of the molecule is O=C1C2CC=C3C(CC4C(=O)N(c5cccc(Cl)c5)C(=O)C4(c4ccccc4)C3c3ccc(OCCO)cc3)C2C(=O)N1c1ccc(Nc2ccccc2)cc1. The van der Waals surface area contributed by atoms with Crippen molar-refractivity contribution in [3.05, 3.63) is 161 Å². The van der Waals surface area contributed by atoms with E-state index in [1.807, 2.05) is 84.9 Å². The Kier molecular flexibility index (Phi) is 9.06. The fourth-order valence-electron chi connectivity index (χ4n) is 9.68. The van der Waals surface area contributed by atoms with Crippen molar-refractivity contribution in [2.24, 2.45) is 23.7 Å². The summed E-state index contributed by atoms with van der Waals surface area (Å²) in [7, 11) is 0. The maximum atomic E-state index is 15.4. The summed E-state index contributed by atoms with van der Waals surface area (Å²) >= 11 is 6.43. The Morgan fingerprint density at radius 2 is 1.41 bits per heavy atom. The molecule has 5 aromatic carbocycles. The number of anilines is 4. The molecule has 1 saturated carbocycles.